The van der Waals surface area contributed by atoms with Crippen LogP contribution in [0.5, 0.6) is 0 Å². The average molecular weight is 262 g/mol. The number of primary amides is 1. The predicted octanol–water partition coefficient (Wildman–Crippen LogP) is 0.945. The summed E-state index contributed by atoms with van der Waals surface area (Å²) >= 11 is 0. The lowest BCUT2D eigenvalue weighted by Crippen LogP contribution is -2.35. The lowest BCUT2D eigenvalue weighted by molar-refractivity contribution is -0.00224. The van der Waals surface area contributed by atoms with Crippen LogP contribution >= 0.6 is 0 Å². The minimum absolute atomic E-state index is 0.191. The Morgan fingerprint density at radius 1 is 1.37 bits per heavy atom. The third kappa shape index (κ3) is 3.01. The number of rotatable bonds is 4. The Bertz CT molecular complexity index is 475. The standard InChI is InChI=1S/C13H18N4O2/c14-13(18)10-6-15-7-12(17-10)16-9-3-4-19-11(5-9)8-1-2-8/h6-9,11H,1-5H2,(H2,14,18)(H,16,17). The topological polar surface area (TPSA) is 90.1 Å². The Labute approximate surface area is 111 Å². The zero-order valence-corrected chi connectivity index (χ0v) is 10.7. The molecule has 0 spiro atoms. The van der Waals surface area contributed by atoms with Crippen LogP contribution in [-0.4, -0.2) is 34.6 Å². The van der Waals surface area contributed by atoms with Gasteiger partial charge in [-0.2, -0.15) is 0 Å². The van der Waals surface area contributed by atoms with E-state index < -0.39 is 5.91 Å². The maximum Gasteiger partial charge on any atom is 0.268 e. The molecular formula is C13H18N4O2. The van der Waals surface area contributed by atoms with E-state index in [2.05, 4.69) is 15.3 Å². The van der Waals surface area contributed by atoms with Crippen LogP contribution in [0, 0.1) is 5.92 Å². The maximum atomic E-state index is 11.1. The summed E-state index contributed by atoms with van der Waals surface area (Å²) in [7, 11) is 0. The molecule has 1 aliphatic heterocycles. The van der Waals surface area contributed by atoms with Gasteiger partial charge in [0.15, 0.2) is 0 Å². The lowest BCUT2D eigenvalue weighted by atomic mass is 10.0. The van der Waals surface area contributed by atoms with Gasteiger partial charge in [0, 0.05) is 12.6 Å². The summed E-state index contributed by atoms with van der Waals surface area (Å²) in [6, 6.07) is 0.330. The number of nitrogens with one attached hydrogen (secondary N) is 1. The van der Waals surface area contributed by atoms with Gasteiger partial charge in [-0.1, -0.05) is 0 Å². The highest BCUT2D eigenvalue weighted by molar-refractivity contribution is 5.90. The van der Waals surface area contributed by atoms with Crippen LogP contribution in [0.4, 0.5) is 5.82 Å². The average Bonchev–Trinajstić information content (AvgIpc) is 3.23. The van der Waals surface area contributed by atoms with E-state index in [9.17, 15) is 4.79 Å². The van der Waals surface area contributed by atoms with Crippen molar-refractivity contribution in [1.82, 2.24) is 9.97 Å². The van der Waals surface area contributed by atoms with Gasteiger partial charge in [0.2, 0.25) is 0 Å². The molecule has 6 heteroatoms. The fourth-order valence-electron chi connectivity index (χ4n) is 2.52. The van der Waals surface area contributed by atoms with Crippen LogP contribution in [0.25, 0.3) is 0 Å². The monoisotopic (exact) mass is 262 g/mol. The molecule has 2 fully saturated rings. The molecule has 1 aliphatic carbocycles. The second-order valence-corrected chi connectivity index (χ2v) is 5.27. The van der Waals surface area contributed by atoms with E-state index >= 15 is 0 Å². The normalized spacial score (nSPS) is 26.9. The van der Waals surface area contributed by atoms with Gasteiger partial charge >= 0.3 is 0 Å². The summed E-state index contributed by atoms with van der Waals surface area (Å²) in [5.74, 6) is 0.796. The van der Waals surface area contributed by atoms with E-state index in [1.807, 2.05) is 0 Å². The molecule has 1 amide bonds. The van der Waals surface area contributed by atoms with Crippen LogP contribution in [0.1, 0.15) is 36.2 Å². The van der Waals surface area contributed by atoms with Crippen molar-refractivity contribution in [2.45, 2.75) is 37.8 Å². The first-order valence-corrected chi connectivity index (χ1v) is 6.72. The van der Waals surface area contributed by atoms with Gasteiger partial charge in [-0.05, 0) is 31.6 Å². The predicted molar refractivity (Wildman–Crippen MR) is 69.7 cm³/mol. The van der Waals surface area contributed by atoms with Crippen LogP contribution < -0.4 is 11.1 Å². The third-order valence-corrected chi connectivity index (χ3v) is 3.70. The molecule has 6 nitrogen and oxygen atoms in total. The van der Waals surface area contributed by atoms with Crippen LogP contribution in [0.3, 0.4) is 0 Å². The molecule has 3 rings (SSSR count). The second kappa shape index (κ2) is 5.13. The number of anilines is 1. The smallest absolute Gasteiger partial charge is 0.268 e. The fourth-order valence-corrected chi connectivity index (χ4v) is 2.52. The minimum Gasteiger partial charge on any atom is -0.378 e. The van der Waals surface area contributed by atoms with Crippen molar-refractivity contribution in [2.24, 2.45) is 11.7 Å². The third-order valence-electron chi connectivity index (χ3n) is 3.70. The van der Waals surface area contributed by atoms with Gasteiger partial charge < -0.3 is 15.8 Å². The quantitative estimate of drug-likeness (QED) is 0.843. The number of nitrogens with two attached hydrogens (primary N) is 1. The molecule has 19 heavy (non-hydrogen) atoms. The largest absolute Gasteiger partial charge is 0.378 e. The molecule has 2 heterocycles. The Balaban J connectivity index is 1.63. The number of hydrogen-bond acceptors (Lipinski definition) is 5. The van der Waals surface area contributed by atoms with Crippen molar-refractivity contribution in [1.29, 1.82) is 0 Å². The number of carbonyl (C=O) groups excluding carboxylic acids is 1. The Hall–Kier alpha value is -1.69. The van der Waals surface area contributed by atoms with Crippen LogP contribution in [0.15, 0.2) is 12.4 Å². The molecule has 1 saturated carbocycles. The molecule has 3 N–H and O–H groups in total. The summed E-state index contributed by atoms with van der Waals surface area (Å²) in [4.78, 5) is 19.2. The van der Waals surface area contributed by atoms with Gasteiger partial charge in [0.05, 0.1) is 18.5 Å². The zero-order valence-electron chi connectivity index (χ0n) is 10.7. The number of hydrogen-bond donors (Lipinski definition) is 2. The van der Waals surface area contributed by atoms with Gasteiger partial charge in [-0.3, -0.25) is 9.78 Å². The molecule has 1 aromatic heterocycles. The summed E-state index contributed by atoms with van der Waals surface area (Å²) < 4.78 is 5.78. The van der Waals surface area contributed by atoms with Crippen molar-refractivity contribution in [2.75, 3.05) is 11.9 Å². The molecule has 0 bridgehead atoms. The van der Waals surface area contributed by atoms with E-state index in [0.29, 0.717) is 18.0 Å². The summed E-state index contributed by atoms with van der Waals surface area (Å²) in [5.41, 5.74) is 5.39. The molecule has 1 aromatic rings. The summed E-state index contributed by atoms with van der Waals surface area (Å²) in [6.45, 7) is 0.780. The molecule has 2 atom stereocenters. The molecule has 2 aliphatic rings. The molecular weight excluding hydrogens is 244 g/mol. The van der Waals surface area contributed by atoms with Crippen molar-refractivity contribution >= 4 is 11.7 Å². The number of nitrogens with zero attached hydrogens (tertiary/aromatic N) is 2. The highest BCUT2D eigenvalue weighted by atomic mass is 16.5. The molecule has 0 radical (unpaired) electrons. The van der Waals surface area contributed by atoms with Crippen LogP contribution in [0.2, 0.25) is 0 Å². The van der Waals surface area contributed by atoms with Gasteiger partial charge in [-0.25, -0.2) is 4.98 Å². The number of aromatic nitrogens is 2. The highest BCUT2D eigenvalue weighted by Gasteiger charge is 2.35. The molecule has 2 unspecified atom stereocenters. The fraction of sp³-hybridized carbons (Fsp3) is 0.615. The second-order valence-electron chi connectivity index (χ2n) is 5.27. The maximum absolute atomic E-state index is 11.1. The Morgan fingerprint density at radius 3 is 2.95 bits per heavy atom. The Morgan fingerprint density at radius 2 is 2.21 bits per heavy atom. The van der Waals surface area contributed by atoms with Crippen LogP contribution in [-0.2, 0) is 4.74 Å². The van der Waals surface area contributed by atoms with Crippen molar-refractivity contribution in [3.8, 4) is 0 Å². The van der Waals surface area contributed by atoms with Gasteiger partial charge in [0.25, 0.3) is 5.91 Å². The molecule has 0 aromatic carbocycles. The zero-order chi connectivity index (χ0) is 13.2. The highest BCUT2D eigenvalue weighted by Crippen LogP contribution is 2.38. The summed E-state index contributed by atoms with van der Waals surface area (Å²) in [6.07, 6.45) is 7.89. The van der Waals surface area contributed by atoms with Gasteiger partial charge in [0.1, 0.15) is 11.5 Å². The molecule has 102 valence electrons. The van der Waals surface area contributed by atoms with Crippen molar-refractivity contribution in [3.63, 3.8) is 0 Å². The lowest BCUT2D eigenvalue weighted by Gasteiger charge is -2.30. The first-order valence-electron chi connectivity index (χ1n) is 6.72. The number of carbonyl (C=O) groups is 1. The first-order chi connectivity index (χ1) is 9.22. The number of amides is 1. The van der Waals surface area contributed by atoms with E-state index in [-0.39, 0.29) is 5.69 Å². The summed E-state index contributed by atoms with van der Waals surface area (Å²) in [5, 5.41) is 3.33. The van der Waals surface area contributed by atoms with Gasteiger partial charge in [-0.15, -0.1) is 0 Å². The van der Waals surface area contributed by atoms with Crippen molar-refractivity contribution < 1.29 is 9.53 Å². The van der Waals surface area contributed by atoms with E-state index in [0.717, 1.165) is 25.4 Å². The minimum atomic E-state index is -0.556. The van der Waals surface area contributed by atoms with Crippen molar-refractivity contribution in [3.05, 3.63) is 18.1 Å². The molecule has 1 saturated heterocycles. The van der Waals surface area contributed by atoms with E-state index in [1.54, 1.807) is 6.20 Å². The van der Waals surface area contributed by atoms with E-state index in [1.165, 1.54) is 19.0 Å². The Kier molecular flexibility index (Phi) is 3.33. The van der Waals surface area contributed by atoms with E-state index in [4.69, 9.17) is 10.5 Å². The SMILES string of the molecule is NC(=O)c1cncc(NC2CCOC(C3CC3)C2)n1. The number of ether oxygens (including phenoxy) is 1. The first kappa shape index (κ1) is 12.3.